The number of aryl methyl sites for hydroxylation is 1. The summed E-state index contributed by atoms with van der Waals surface area (Å²) in [6, 6.07) is 3.08. The van der Waals surface area contributed by atoms with Gasteiger partial charge in [-0.2, -0.15) is 0 Å². The Hall–Kier alpha value is -1.13. The summed E-state index contributed by atoms with van der Waals surface area (Å²) in [7, 11) is 0. The van der Waals surface area contributed by atoms with Crippen LogP contribution in [-0.4, -0.2) is 27.5 Å². The minimum atomic E-state index is -0.642. The highest BCUT2D eigenvalue weighted by Gasteiger charge is 2.57. The fraction of sp³-hybridized carbons (Fsp3) is 0.667. The van der Waals surface area contributed by atoms with Gasteiger partial charge in [-0.15, -0.1) is 0 Å². The minimum Gasteiger partial charge on any atom is -0.505 e. The molecule has 0 unspecified atom stereocenters. The largest absolute Gasteiger partial charge is 0.505 e. The van der Waals surface area contributed by atoms with Crippen LogP contribution in [0.1, 0.15) is 49.7 Å². The number of aromatic hydroxyl groups is 1. The van der Waals surface area contributed by atoms with E-state index < -0.39 is 18.0 Å². The molecule has 3 nitrogen and oxygen atoms in total. The maximum absolute atomic E-state index is 13.8. The fourth-order valence-electron chi connectivity index (χ4n) is 5.57. The van der Waals surface area contributed by atoms with Crippen molar-refractivity contribution in [1.82, 2.24) is 0 Å². The molecule has 3 aliphatic rings. The van der Waals surface area contributed by atoms with Crippen LogP contribution in [0.25, 0.3) is 0 Å². The van der Waals surface area contributed by atoms with E-state index in [4.69, 9.17) is 0 Å². The lowest BCUT2D eigenvalue weighted by atomic mass is 9.55. The van der Waals surface area contributed by atoms with Crippen molar-refractivity contribution < 1.29 is 19.7 Å². The molecule has 3 aliphatic carbocycles. The average molecular weight is 306 g/mol. The van der Waals surface area contributed by atoms with Gasteiger partial charge in [-0.1, -0.05) is 6.92 Å². The van der Waals surface area contributed by atoms with Crippen molar-refractivity contribution in [3.63, 3.8) is 0 Å². The number of phenols is 1. The molecule has 0 aliphatic heterocycles. The van der Waals surface area contributed by atoms with E-state index in [1.807, 2.05) is 0 Å². The molecule has 1 aromatic rings. The molecule has 4 heteroatoms. The monoisotopic (exact) mass is 306 g/mol. The molecular weight excluding hydrogens is 283 g/mol. The van der Waals surface area contributed by atoms with Crippen LogP contribution in [-0.2, 0) is 6.42 Å². The molecule has 0 heterocycles. The highest BCUT2D eigenvalue weighted by atomic mass is 19.1. The van der Waals surface area contributed by atoms with Crippen LogP contribution < -0.4 is 0 Å². The first kappa shape index (κ1) is 14.5. The molecule has 0 saturated heterocycles. The maximum atomic E-state index is 13.8. The number of aliphatic hydroxyl groups excluding tert-OH is 2. The van der Waals surface area contributed by atoms with Gasteiger partial charge in [-0.3, -0.25) is 0 Å². The quantitative estimate of drug-likeness (QED) is 0.690. The first-order chi connectivity index (χ1) is 10.4. The fourth-order valence-corrected chi connectivity index (χ4v) is 5.57. The minimum absolute atomic E-state index is 0.215. The van der Waals surface area contributed by atoms with Crippen molar-refractivity contribution in [3.05, 3.63) is 29.1 Å². The van der Waals surface area contributed by atoms with Crippen molar-refractivity contribution in [2.75, 3.05) is 0 Å². The second-order valence-electron chi connectivity index (χ2n) is 7.71. The van der Waals surface area contributed by atoms with Crippen molar-refractivity contribution in [2.45, 2.75) is 57.2 Å². The Balaban J connectivity index is 1.73. The van der Waals surface area contributed by atoms with Gasteiger partial charge >= 0.3 is 0 Å². The van der Waals surface area contributed by atoms with Crippen molar-refractivity contribution in [3.8, 4) is 5.75 Å². The number of rotatable bonds is 0. The Bertz CT molecular complexity index is 617. The first-order valence-electron chi connectivity index (χ1n) is 8.29. The molecule has 6 atom stereocenters. The van der Waals surface area contributed by atoms with Gasteiger partial charge in [0, 0.05) is 0 Å². The third-order valence-corrected chi connectivity index (χ3v) is 6.77. The number of benzene rings is 1. The molecule has 0 aromatic heterocycles. The smallest absolute Gasteiger partial charge is 0.165 e. The molecule has 0 radical (unpaired) electrons. The van der Waals surface area contributed by atoms with Gasteiger partial charge in [-0.05, 0) is 78.5 Å². The van der Waals surface area contributed by atoms with E-state index >= 15 is 0 Å². The molecular formula is C18H23FO3. The second kappa shape index (κ2) is 4.68. The predicted molar refractivity (Wildman–Crippen MR) is 80.1 cm³/mol. The Labute approximate surface area is 129 Å². The SMILES string of the molecule is C[C@]12CC[C@@H]3c4cc(F)c(O)cc4CC[C@H]3[C@@H]1C[C@H](O)[C@@H]2O. The number of halogens is 1. The van der Waals surface area contributed by atoms with Gasteiger partial charge in [0.15, 0.2) is 11.6 Å². The topological polar surface area (TPSA) is 60.7 Å². The third-order valence-electron chi connectivity index (χ3n) is 6.77. The van der Waals surface area contributed by atoms with E-state index in [1.54, 1.807) is 6.07 Å². The van der Waals surface area contributed by atoms with E-state index in [-0.39, 0.29) is 17.1 Å². The summed E-state index contributed by atoms with van der Waals surface area (Å²) in [5.74, 6) is 0.168. The number of phenolic OH excluding ortho intramolecular Hbond substituents is 1. The molecule has 4 rings (SSSR count). The van der Waals surface area contributed by atoms with Crippen molar-refractivity contribution in [1.29, 1.82) is 0 Å². The molecule has 2 fully saturated rings. The molecule has 0 bridgehead atoms. The molecule has 1 aromatic carbocycles. The van der Waals surface area contributed by atoms with E-state index in [0.717, 1.165) is 36.8 Å². The van der Waals surface area contributed by atoms with Crippen LogP contribution >= 0.6 is 0 Å². The summed E-state index contributed by atoms with van der Waals surface area (Å²) in [5.41, 5.74) is 1.88. The van der Waals surface area contributed by atoms with E-state index in [0.29, 0.717) is 18.3 Å². The summed E-state index contributed by atoms with van der Waals surface area (Å²) < 4.78 is 13.8. The Morgan fingerprint density at radius 1 is 1.23 bits per heavy atom. The summed E-state index contributed by atoms with van der Waals surface area (Å²) in [6.45, 7) is 2.10. The second-order valence-corrected chi connectivity index (χ2v) is 7.71. The maximum Gasteiger partial charge on any atom is 0.165 e. The normalized spacial score (nSPS) is 43.4. The third kappa shape index (κ3) is 1.80. The summed E-state index contributed by atoms with van der Waals surface area (Å²) in [5, 5.41) is 30.1. The highest BCUT2D eigenvalue weighted by Crippen LogP contribution is 2.61. The average Bonchev–Trinajstić information content (AvgIpc) is 2.72. The van der Waals surface area contributed by atoms with Crippen LogP contribution in [0.4, 0.5) is 4.39 Å². The lowest BCUT2D eigenvalue weighted by Gasteiger charge is -2.49. The molecule has 2 saturated carbocycles. The number of fused-ring (bicyclic) bond motifs is 5. The zero-order chi connectivity index (χ0) is 15.6. The predicted octanol–water partition coefficient (Wildman–Crippen LogP) is 2.72. The van der Waals surface area contributed by atoms with Gasteiger partial charge in [0.05, 0.1) is 12.2 Å². The lowest BCUT2D eigenvalue weighted by molar-refractivity contribution is -0.0505. The number of hydrogen-bond donors (Lipinski definition) is 3. The summed E-state index contributed by atoms with van der Waals surface area (Å²) >= 11 is 0. The highest BCUT2D eigenvalue weighted by molar-refractivity contribution is 5.41. The number of aliphatic hydroxyl groups is 2. The lowest BCUT2D eigenvalue weighted by Crippen LogP contribution is -2.44. The van der Waals surface area contributed by atoms with E-state index in [9.17, 15) is 19.7 Å². The van der Waals surface area contributed by atoms with Crippen LogP contribution in [0.5, 0.6) is 5.75 Å². The number of hydrogen-bond acceptors (Lipinski definition) is 3. The van der Waals surface area contributed by atoms with Gasteiger partial charge in [-0.25, -0.2) is 4.39 Å². The Kier molecular flexibility index (Phi) is 3.08. The van der Waals surface area contributed by atoms with Gasteiger partial charge in [0.1, 0.15) is 0 Å². The molecule has 22 heavy (non-hydrogen) atoms. The first-order valence-corrected chi connectivity index (χ1v) is 8.29. The summed E-state index contributed by atoms with van der Waals surface area (Å²) in [6.07, 6.45) is 2.97. The van der Waals surface area contributed by atoms with Gasteiger partial charge < -0.3 is 15.3 Å². The Morgan fingerprint density at radius 3 is 2.77 bits per heavy atom. The van der Waals surface area contributed by atoms with Gasteiger partial charge in [0.2, 0.25) is 0 Å². The van der Waals surface area contributed by atoms with E-state index in [2.05, 4.69) is 6.92 Å². The molecule has 0 spiro atoms. The standard InChI is InChI=1S/C18H23FO3/c1-18-5-4-10-11(13(18)8-16(21)17(18)22)3-2-9-6-15(20)14(19)7-12(9)10/h6-7,10-11,13,16-17,20-22H,2-5,8H2,1H3/t10-,11+,13-,16-,17-,18-/m0/s1. The molecule has 3 N–H and O–H groups in total. The van der Waals surface area contributed by atoms with Crippen LogP contribution in [0.15, 0.2) is 12.1 Å². The summed E-state index contributed by atoms with van der Waals surface area (Å²) in [4.78, 5) is 0. The van der Waals surface area contributed by atoms with Gasteiger partial charge in [0.25, 0.3) is 0 Å². The molecule has 120 valence electrons. The zero-order valence-electron chi connectivity index (χ0n) is 12.8. The van der Waals surface area contributed by atoms with Crippen molar-refractivity contribution in [2.24, 2.45) is 17.3 Å². The van der Waals surface area contributed by atoms with Crippen molar-refractivity contribution >= 4 is 0 Å². The molecule has 0 amide bonds. The van der Waals surface area contributed by atoms with Crippen LogP contribution in [0.3, 0.4) is 0 Å². The Morgan fingerprint density at radius 2 is 2.00 bits per heavy atom. The van der Waals surface area contributed by atoms with Crippen LogP contribution in [0.2, 0.25) is 0 Å². The van der Waals surface area contributed by atoms with E-state index in [1.165, 1.54) is 6.07 Å². The van der Waals surface area contributed by atoms with Crippen LogP contribution in [0, 0.1) is 23.1 Å². The zero-order valence-corrected chi connectivity index (χ0v) is 12.8.